The van der Waals surface area contributed by atoms with E-state index in [4.69, 9.17) is 0 Å². The van der Waals surface area contributed by atoms with Crippen LogP contribution in [-0.4, -0.2) is 36.0 Å². The van der Waals surface area contributed by atoms with Crippen molar-refractivity contribution in [1.82, 2.24) is 4.90 Å². The normalized spacial score (nSPS) is 10.5. The molecule has 7 heteroatoms. The Bertz CT molecular complexity index is 479. The van der Waals surface area contributed by atoms with Crippen molar-refractivity contribution in [2.24, 2.45) is 0 Å². The van der Waals surface area contributed by atoms with Gasteiger partial charge in [-0.2, -0.15) is 4.39 Å². The van der Waals surface area contributed by atoms with Gasteiger partial charge in [-0.1, -0.05) is 13.0 Å². The molecule has 0 N–H and O–H groups in total. The molecular weight excluding hydrogens is 255 g/mol. The molecule has 0 aliphatic carbocycles. The first-order valence-corrected chi connectivity index (χ1v) is 5.70. The molecule has 0 saturated carbocycles. The second kappa shape index (κ2) is 6.79. The molecule has 0 saturated heterocycles. The summed E-state index contributed by atoms with van der Waals surface area (Å²) in [5.41, 5.74) is 0.00798. The summed E-state index contributed by atoms with van der Waals surface area (Å²) in [7, 11) is 1.29. The Labute approximate surface area is 109 Å². The number of esters is 1. The lowest BCUT2D eigenvalue weighted by Gasteiger charge is -2.18. The number of nitrogens with zero attached hydrogens (tertiary/aromatic N) is 2. The largest absolute Gasteiger partial charge is 0.468 e. The van der Waals surface area contributed by atoms with Crippen LogP contribution in [0.25, 0.3) is 0 Å². The van der Waals surface area contributed by atoms with Gasteiger partial charge in [0, 0.05) is 12.6 Å². The van der Waals surface area contributed by atoms with Gasteiger partial charge in [-0.25, -0.2) is 0 Å². The highest BCUT2D eigenvalue weighted by Gasteiger charge is 2.15. The number of rotatable bonds is 6. The summed E-state index contributed by atoms with van der Waals surface area (Å²) in [5, 5.41) is 10.5. The van der Waals surface area contributed by atoms with Gasteiger partial charge < -0.3 is 4.74 Å². The van der Waals surface area contributed by atoms with E-state index in [2.05, 4.69) is 4.74 Å². The maximum absolute atomic E-state index is 13.4. The molecule has 1 aromatic carbocycles. The SMILES string of the molecule is CCN(CC(=O)OC)Cc1ccc([N+](=O)[O-])c(F)c1. The molecule has 0 aliphatic rings. The number of likely N-dealkylation sites (N-methyl/N-ethyl adjacent to an activating group) is 1. The first kappa shape index (κ1) is 15.0. The average Bonchev–Trinajstić information content (AvgIpc) is 2.37. The lowest BCUT2D eigenvalue weighted by molar-refractivity contribution is -0.387. The zero-order chi connectivity index (χ0) is 14.4. The van der Waals surface area contributed by atoms with Gasteiger partial charge in [0.2, 0.25) is 5.82 Å². The minimum Gasteiger partial charge on any atom is -0.468 e. The van der Waals surface area contributed by atoms with Crippen LogP contribution in [0.15, 0.2) is 18.2 Å². The number of hydrogen-bond acceptors (Lipinski definition) is 5. The molecule has 0 aliphatic heterocycles. The van der Waals surface area contributed by atoms with E-state index in [-0.39, 0.29) is 12.5 Å². The van der Waals surface area contributed by atoms with Crippen molar-refractivity contribution in [2.75, 3.05) is 20.2 Å². The highest BCUT2D eigenvalue weighted by Crippen LogP contribution is 2.18. The molecule has 0 atom stereocenters. The molecule has 1 rings (SSSR count). The summed E-state index contributed by atoms with van der Waals surface area (Å²) in [6.45, 7) is 2.84. The summed E-state index contributed by atoms with van der Waals surface area (Å²) in [6.07, 6.45) is 0. The molecule has 0 unspecified atom stereocenters. The number of nitro benzene ring substituents is 1. The van der Waals surface area contributed by atoms with Gasteiger partial charge in [0.05, 0.1) is 18.6 Å². The summed E-state index contributed by atoms with van der Waals surface area (Å²) in [4.78, 5) is 22.6. The van der Waals surface area contributed by atoms with E-state index in [1.54, 1.807) is 4.90 Å². The van der Waals surface area contributed by atoms with Crippen molar-refractivity contribution in [1.29, 1.82) is 0 Å². The number of benzene rings is 1. The molecule has 0 aromatic heterocycles. The number of halogens is 1. The zero-order valence-corrected chi connectivity index (χ0v) is 10.8. The Morgan fingerprint density at radius 3 is 2.68 bits per heavy atom. The van der Waals surface area contributed by atoms with E-state index < -0.39 is 16.4 Å². The third kappa shape index (κ3) is 4.29. The van der Waals surface area contributed by atoms with Crippen molar-refractivity contribution >= 4 is 11.7 Å². The summed E-state index contributed by atoms with van der Waals surface area (Å²) in [6, 6.07) is 3.70. The Morgan fingerprint density at radius 2 is 2.21 bits per heavy atom. The van der Waals surface area contributed by atoms with Crippen molar-refractivity contribution in [3.63, 3.8) is 0 Å². The van der Waals surface area contributed by atoms with Crippen LogP contribution in [-0.2, 0) is 16.1 Å². The fraction of sp³-hybridized carbons (Fsp3) is 0.417. The van der Waals surface area contributed by atoms with Gasteiger partial charge >= 0.3 is 11.7 Å². The Balaban J connectivity index is 2.78. The van der Waals surface area contributed by atoms with E-state index in [1.165, 1.54) is 13.2 Å². The number of methoxy groups -OCH3 is 1. The fourth-order valence-corrected chi connectivity index (χ4v) is 1.58. The number of nitro groups is 1. The highest BCUT2D eigenvalue weighted by atomic mass is 19.1. The molecule has 0 fully saturated rings. The van der Waals surface area contributed by atoms with Crippen LogP contribution in [0.2, 0.25) is 0 Å². The van der Waals surface area contributed by atoms with E-state index in [0.29, 0.717) is 18.7 Å². The van der Waals surface area contributed by atoms with Gasteiger partial charge in [0.1, 0.15) is 0 Å². The topological polar surface area (TPSA) is 72.7 Å². The van der Waals surface area contributed by atoms with Gasteiger partial charge in [-0.05, 0) is 18.2 Å². The zero-order valence-electron chi connectivity index (χ0n) is 10.8. The summed E-state index contributed by atoms with van der Waals surface area (Å²) in [5.74, 6) is -1.26. The third-order valence-electron chi connectivity index (χ3n) is 2.64. The molecule has 1 aromatic rings. The minimum atomic E-state index is -0.878. The first-order valence-electron chi connectivity index (χ1n) is 5.70. The maximum Gasteiger partial charge on any atom is 0.319 e. The van der Waals surface area contributed by atoms with Crippen molar-refractivity contribution in [2.45, 2.75) is 13.5 Å². The molecule has 6 nitrogen and oxygen atoms in total. The number of carbonyl (C=O) groups excluding carboxylic acids is 1. The quantitative estimate of drug-likeness (QED) is 0.447. The second-order valence-corrected chi connectivity index (χ2v) is 3.92. The second-order valence-electron chi connectivity index (χ2n) is 3.92. The highest BCUT2D eigenvalue weighted by molar-refractivity contribution is 5.71. The van der Waals surface area contributed by atoms with Gasteiger partial charge in [0.25, 0.3) is 0 Å². The Morgan fingerprint density at radius 1 is 1.53 bits per heavy atom. The van der Waals surface area contributed by atoms with Crippen molar-refractivity contribution in [3.05, 3.63) is 39.7 Å². The number of hydrogen-bond donors (Lipinski definition) is 0. The summed E-state index contributed by atoms with van der Waals surface area (Å²) < 4.78 is 18.0. The predicted octanol–water partition coefficient (Wildman–Crippen LogP) is 1.73. The first-order chi connectivity index (χ1) is 8.97. The van der Waals surface area contributed by atoms with Crippen LogP contribution in [0, 0.1) is 15.9 Å². The van der Waals surface area contributed by atoms with E-state index >= 15 is 0 Å². The monoisotopic (exact) mass is 270 g/mol. The van der Waals surface area contributed by atoms with Crippen molar-refractivity contribution < 1.29 is 18.8 Å². The van der Waals surface area contributed by atoms with Crippen LogP contribution in [0.4, 0.5) is 10.1 Å². The van der Waals surface area contributed by atoms with Crippen LogP contribution in [0.1, 0.15) is 12.5 Å². The van der Waals surface area contributed by atoms with Gasteiger partial charge in [-0.3, -0.25) is 19.8 Å². The lowest BCUT2D eigenvalue weighted by atomic mass is 10.2. The van der Waals surface area contributed by atoms with Gasteiger partial charge in [0.15, 0.2) is 0 Å². The average molecular weight is 270 g/mol. The smallest absolute Gasteiger partial charge is 0.319 e. The van der Waals surface area contributed by atoms with Crippen LogP contribution in [0.3, 0.4) is 0 Å². The predicted molar refractivity (Wildman–Crippen MR) is 66.0 cm³/mol. The molecule has 0 heterocycles. The standard InChI is InChI=1S/C12H15FN2O4/c1-3-14(8-12(16)19-2)7-9-4-5-11(15(17)18)10(13)6-9/h4-6H,3,7-8H2,1-2H3. The maximum atomic E-state index is 13.4. The Hall–Kier alpha value is -2.02. The summed E-state index contributed by atoms with van der Waals surface area (Å²) >= 11 is 0. The minimum absolute atomic E-state index is 0.0889. The van der Waals surface area contributed by atoms with E-state index in [1.807, 2.05) is 6.92 Å². The van der Waals surface area contributed by atoms with E-state index in [0.717, 1.165) is 12.1 Å². The lowest BCUT2D eigenvalue weighted by Crippen LogP contribution is -2.30. The number of ether oxygens (including phenoxy) is 1. The van der Waals surface area contributed by atoms with E-state index in [9.17, 15) is 19.3 Å². The fourth-order valence-electron chi connectivity index (χ4n) is 1.58. The molecule has 0 amide bonds. The van der Waals surface area contributed by atoms with Crippen LogP contribution >= 0.6 is 0 Å². The third-order valence-corrected chi connectivity index (χ3v) is 2.64. The molecular formula is C12H15FN2O4. The molecule has 0 bridgehead atoms. The molecule has 19 heavy (non-hydrogen) atoms. The van der Waals surface area contributed by atoms with Crippen LogP contribution in [0.5, 0.6) is 0 Å². The number of carbonyl (C=O) groups is 1. The van der Waals surface area contributed by atoms with Gasteiger partial charge in [-0.15, -0.1) is 0 Å². The molecule has 0 radical (unpaired) electrons. The Kier molecular flexibility index (Phi) is 5.37. The molecule has 0 spiro atoms. The molecule has 104 valence electrons. The van der Waals surface area contributed by atoms with Crippen LogP contribution < -0.4 is 0 Å². The van der Waals surface area contributed by atoms with Crippen molar-refractivity contribution in [3.8, 4) is 0 Å².